The van der Waals surface area contributed by atoms with Gasteiger partial charge < -0.3 is 4.42 Å². The Bertz CT molecular complexity index is 1150. The van der Waals surface area contributed by atoms with Crippen molar-refractivity contribution in [2.24, 2.45) is 0 Å². The van der Waals surface area contributed by atoms with Gasteiger partial charge in [-0.05, 0) is 37.0 Å². The standard InChI is InChI=1S/C17H18N4O4S/c22-17-18-14-4-3-11(9-15(14)25-17)26(23,24)21-7-5-12-13(6-8-21)19-20-16(12)10-1-2-10/h3-4,9-10H,1-2,5-8H2,(H,18,22)(H,19,20). The van der Waals surface area contributed by atoms with Gasteiger partial charge in [-0.3, -0.25) is 10.1 Å². The van der Waals surface area contributed by atoms with Crippen LogP contribution in [0.25, 0.3) is 11.1 Å². The fourth-order valence-corrected chi connectivity index (χ4v) is 5.12. The molecule has 26 heavy (non-hydrogen) atoms. The van der Waals surface area contributed by atoms with Crippen molar-refractivity contribution in [3.63, 3.8) is 0 Å². The van der Waals surface area contributed by atoms with Crippen LogP contribution in [0.4, 0.5) is 0 Å². The molecule has 2 aliphatic rings. The molecule has 3 heterocycles. The molecule has 3 aromatic rings. The van der Waals surface area contributed by atoms with Crippen LogP contribution in [-0.2, 0) is 22.9 Å². The van der Waals surface area contributed by atoms with Crippen molar-refractivity contribution >= 4 is 21.1 Å². The second kappa shape index (κ2) is 5.55. The van der Waals surface area contributed by atoms with Crippen LogP contribution in [0.2, 0.25) is 0 Å². The molecular weight excluding hydrogens is 356 g/mol. The van der Waals surface area contributed by atoms with E-state index in [1.165, 1.54) is 34.8 Å². The maximum Gasteiger partial charge on any atom is 0.417 e. The molecule has 9 heteroatoms. The Labute approximate surface area is 149 Å². The molecule has 1 aliphatic carbocycles. The zero-order valence-electron chi connectivity index (χ0n) is 14.0. The number of H-pyrrole nitrogens is 2. The van der Waals surface area contributed by atoms with Gasteiger partial charge in [-0.25, -0.2) is 13.2 Å². The molecule has 2 N–H and O–H groups in total. The predicted molar refractivity (Wildman–Crippen MR) is 93.6 cm³/mol. The third-order valence-corrected chi connectivity index (χ3v) is 7.10. The van der Waals surface area contributed by atoms with Crippen molar-refractivity contribution < 1.29 is 12.8 Å². The topological polar surface area (TPSA) is 112 Å². The molecule has 1 saturated carbocycles. The van der Waals surface area contributed by atoms with Gasteiger partial charge in [-0.2, -0.15) is 9.40 Å². The molecule has 0 saturated heterocycles. The molecule has 0 bridgehead atoms. The van der Waals surface area contributed by atoms with Crippen LogP contribution >= 0.6 is 0 Å². The first-order chi connectivity index (χ1) is 12.5. The molecule has 8 nitrogen and oxygen atoms in total. The number of aromatic nitrogens is 3. The maximum atomic E-state index is 13.1. The number of benzene rings is 1. The fourth-order valence-electron chi connectivity index (χ4n) is 3.66. The van der Waals surface area contributed by atoms with Gasteiger partial charge in [-0.1, -0.05) is 0 Å². The minimum absolute atomic E-state index is 0.138. The molecule has 2 aromatic heterocycles. The van der Waals surface area contributed by atoms with E-state index in [1.54, 1.807) is 6.07 Å². The van der Waals surface area contributed by atoms with E-state index in [2.05, 4.69) is 15.2 Å². The number of aromatic amines is 2. The normalized spacial score (nSPS) is 18.8. The highest BCUT2D eigenvalue weighted by Gasteiger charge is 2.33. The predicted octanol–water partition coefficient (Wildman–Crippen LogP) is 1.51. The van der Waals surface area contributed by atoms with E-state index in [4.69, 9.17) is 4.42 Å². The fraction of sp³-hybridized carbons (Fsp3) is 0.412. The van der Waals surface area contributed by atoms with Crippen molar-refractivity contribution in [3.05, 3.63) is 45.7 Å². The van der Waals surface area contributed by atoms with E-state index in [9.17, 15) is 13.2 Å². The summed E-state index contributed by atoms with van der Waals surface area (Å²) in [5, 5.41) is 7.55. The first kappa shape index (κ1) is 15.8. The van der Waals surface area contributed by atoms with Crippen LogP contribution in [-0.4, -0.2) is 41.0 Å². The highest BCUT2D eigenvalue weighted by atomic mass is 32.2. The van der Waals surface area contributed by atoms with Gasteiger partial charge in [0.15, 0.2) is 5.58 Å². The highest BCUT2D eigenvalue weighted by Crippen LogP contribution is 2.41. The zero-order valence-corrected chi connectivity index (χ0v) is 14.8. The first-order valence-electron chi connectivity index (χ1n) is 8.71. The van der Waals surface area contributed by atoms with E-state index < -0.39 is 15.8 Å². The minimum atomic E-state index is -3.66. The summed E-state index contributed by atoms with van der Waals surface area (Å²) in [4.78, 5) is 13.9. The van der Waals surface area contributed by atoms with E-state index >= 15 is 0 Å². The molecule has 1 aliphatic heterocycles. The lowest BCUT2D eigenvalue weighted by Gasteiger charge is -2.20. The van der Waals surface area contributed by atoms with Crippen molar-refractivity contribution in [2.45, 2.75) is 36.5 Å². The number of nitrogens with one attached hydrogen (secondary N) is 2. The van der Waals surface area contributed by atoms with Gasteiger partial charge in [0.25, 0.3) is 0 Å². The zero-order chi connectivity index (χ0) is 17.9. The van der Waals surface area contributed by atoms with Gasteiger partial charge in [0, 0.05) is 37.2 Å². The Kier molecular flexibility index (Phi) is 3.38. The van der Waals surface area contributed by atoms with Crippen LogP contribution in [0, 0.1) is 0 Å². The Morgan fingerprint density at radius 2 is 2.00 bits per heavy atom. The number of hydrogen-bond donors (Lipinski definition) is 2. The Hall–Kier alpha value is -2.39. The molecule has 5 rings (SSSR count). The number of sulfonamides is 1. The summed E-state index contributed by atoms with van der Waals surface area (Å²) >= 11 is 0. The summed E-state index contributed by atoms with van der Waals surface area (Å²) in [5.41, 5.74) is 4.10. The van der Waals surface area contributed by atoms with Crippen LogP contribution in [0.15, 0.2) is 32.3 Å². The second-order valence-corrected chi connectivity index (χ2v) is 8.85. The smallest absolute Gasteiger partial charge is 0.408 e. The molecule has 0 amide bonds. The van der Waals surface area contributed by atoms with Gasteiger partial charge in [-0.15, -0.1) is 0 Å². The Morgan fingerprint density at radius 1 is 1.19 bits per heavy atom. The molecule has 0 unspecified atom stereocenters. The molecule has 0 atom stereocenters. The van der Waals surface area contributed by atoms with Crippen molar-refractivity contribution in [1.29, 1.82) is 0 Å². The summed E-state index contributed by atoms with van der Waals surface area (Å²) in [7, 11) is -3.66. The van der Waals surface area contributed by atoms with E-state index in [0.29, 0.717) is 37.4 Å². The van der Waals surface area contributed by atoms with E-state index in [0.717, 1.165) is 11.4 Å². The summed E-state index contributed by atoms with van der Waals surface area (Å²) in [6.07, 6.45) is 3.62. The highest BCUT2D eigenvalue weighted by molar-refractivity contribution is 7.89. The van der Waals surface area contributed by atoms with Gasteiger partial charge >= 0.3 is 5.76 Å². The van der Waals surface area contributed by atoms with Crippen LogP contribution in [0.1, 0.15) is 35.7 Å². The van der Waals surface area contributed by atoms with Crippen LogP contribution in [0.5, 0.6) is 0 Å². The quantitative estimate of drug-likeness (QED) is 0.722. The molecule has 0 spiro atoms. The monoisotopic (exact) mass is 374 g/mol. The number of fused-ring (bicyclic) bond motifs is 2. The summed E-state index contributed by atoms with van der Waals surface area (Å²) in [6, 6.07) is 4.47. The van der Waals surface area contributed by atoms with E-state index in [-0.39, 0.29) is 10.5 Å². The second-order valence-electron chi connectivity index (χ2n) is 6.92. The van der Waals surface area contributed by atoms with Crippen molar-refractivity contribution in [3.8, 4) is 0 Å². The SMILES string of the molecule is O=c1[nH]c2ccc(S(=O)(=O)N3CCc4[nH]nc(C5CC5)c4CC3)cc2o1. The lowest BCUT2D eigenvalue weighted by Crippen LogP contribution is -2.33. The number of hydrogen-bond acceptors (Lipinski definition) is 5. The largest absolute Gasteiger partial charge is 0.417 e. The summed E-state index contributed by atoms with van der Waals surface area (Å²) < 4.78 is 32.6. The van der Waals surface area contributed by atoms with Gasteiger partial charge in [0.1, 0.15) is 0 Å². The Morgan fingerprint density at radius 3 is 2.81 bits per heavy atom. The lowest BCUT2D eigenvalue weighted by atomic mass is 10.1. The molecule has 136 valence electrons. The van der Waals surface area contributed by atoms with Crippen molar-refractivity contribution in [2.75, 3.05) is 13.1 Å². The summed E-state index contributed by atoms with van der Waals surface area (Å²) in [5.74, 6) is -0.0556. The van der Waals surface area contributed by atoms with Crippen LogP contribution < -0.4 is 5.76 Å². The average molecular weight is 374 g/mol. The summed E-state index contributed by atoms with van der Waals surface area (Å²) in [6.45, 7) is 0.820. The first-order valence-corrected chi connectivity index (χ1v) is 10.2. The number of oxazole rings is 1. The van der Waals surface area contributed by atoms with Gasteiger partial charge in [0.2, 0.25) is 10.0 Å². The molecule has 0 radical (unpaired) electrons. The van der Waals surface area contributed by atoms with Gasteiger partial charge in [0.05, 0.1) is 16.1 Å². The van der Waals surface area contributed by atoms with E-state index in [1.807, 2.05) is 0 Å². The number of rotatable bonds is 3. The molecular formula is C17H18N4O4S. The number of nitrogens with zero attached hydrogens (tertiary/aromatic N) is 2. The minimum Gasteiger partial charge on any atom is -0.408 e. The molecule has 1 aromatic carbocycles. The third-order valence-electron chi connectivity index (χ3n) is 5.20. The molecule has 1 fully saturated rings. The Balaban J connectivity index is 1.45. The average Bonchev–Trinajstić information content (AvgIpc) is 3.32. The maximum absolute atomic E-state index is 13.1. The third kappa shape index (κ3) is 2.50. The van der Waals surface area contributed by atoms with Crippen LogP contribution in [0.3, 0.4) is 0 Å². The van der Waals surface area contributed by atoms with Crippen molar-refractivity contribution in [1.82, 2.24) is 19.5 Å². The lowest BCUT2D eigenvalue weighted by molar-refractivity contribution is 0.425.